The summed E-state index contributed by atoms with van der Waals surface area (Å²) in [6.07, 6.45) is 0. The number of hydrogen-bond donors (Lipinski definition) is 0. The Hall–Kier alpha value is -3.29. The van der Waals surface area contributed by atoms with E-state index in [-0.39, 0.29) is 24.8 Å². The molecule has 1 heterocycles. The molecule has 134 valence electrons. The summed E-state index contributed by atoms with van der Waals surface area (Å²) in [5.74, 6) is 0.488. The molecule has 0 fully saturated rings. The van der Waals surface area contributed by atoms with E-state index in [0.29, 0.717) is 17.1 Å². The predicted molar refractivity (Wildman–Crippen MR) is 92.7 cm³/mol. The van der Waals surface area contributed by atoms with Gasteiger partial charge in [-0.25, -0.2) is 4.39 Å². The van der Waals surface area contributed by atoms with Crippen molar-refractivity contribution in [3.8, 4) is 17.1 Å². The second-order valence-electron chi connectivity index (χ2n) is 5.72. The summed E-state index contributed by atoms with van der Waals surface area (Å²) < 4.78 is 18.9. The van der Waals surface area contributed by atoms with Crippen molar-refractivity contribution in [2.75, 3.05) is 14.2 Å². The summed E-state index contributed by atoms with van der Waals surface area (Å²) in [5, 5.41) is 12.1. The summed E-state index contributed by atoms with van der Waals surface area (Å²) in [6.45, 7) is 0.0882. The lowest BCUT2D eigenvalue weighted by Crippen LogP contribution is -2.30. The van der Waals surface area contributed by atoms with Crippen LogP contribution in [0, 0.1) is 5.82 Å². The highest BCUT2D eigenvalue weighted by Gasteiger charge is 2.15. The van der Waals surface area contributed by atoms with Crippen molar-refractivity contribution in [2.45, 2.75) is 13.1 Å². The number of halogens is 1. The van der Waals surface area contributed by atoms with Crippen molar-refractivity contribution in [1.82, 2.24) is 25.1 Å². The van der Waals surface area contributed by atoms with Crippen LogP contribution in [-0.2, 0) is 17.9 Å². The summed E-state index contributed by atoms with van der Waals surface area (Å²) in [7, 11) is 3.18. The van der Waals surface area contributed by atoms with Gasteiger partial charge in [0.05, 0.1) is 7.11 Å². The minimum atomic E-state index is -0.341. The maximum Gasteiger partial charge on any atom is 0.246 e. The van der Waals surface area contributed by atoms with Crippen molar-refractivity contribution in [1.29, 1.82) is 0 Å². The molecule has 7 nitrogen and oxygen atoms in total. The van der Waals surface area contributed by atoms with Gasteiger partial charge in [0, 0.05) is 24.7 Å². The second-order valence-corrected chi connectivity index (χ2v) is 5.72. The fourth-order valence-corrected chi connectivity index (χ4v) is 2.40. The number of tetrazole rings is 1. The van der Waals surface area contributed by atoms with Gasteiger partial charge in [-0.2, -0.15) is 4.80 Å². The number of likely N-dealkylation sites (N-methyl/N-ethyl adjacent to an activating group) is 1. The first-order chi connectivity index (χ1) is 12.6. The van der Waals surface area contributed by atoms with Gasteiger partial charge < -0.3 is 9.64 Å². The molecule has 0 saturated heterocycles. The number of hydrogen-bond acceptors (Lipinski definition) is 5. The lowest BCUT2D eigenvalue weighted by molar-refractivity contribution is -0.131. The number of carbonyl (C=O) groups excluding carboxylic acids is 1. The molecule has 0 aliphatic heterocycles. The first kappa shape index (κ1) is 17.5. The van der Waals surface area contributed by atoms with Gasteiger partial charge in [0.15, 0.2) is 0 Å². The van der Waals surface area contributed by atoms with Gasteiger partial charge in [0.1, 0.15) is 18.1 Å². The number of amides is 1. The Bertz CT molecular complexity index is 912. The molecule has 0 N–H and O–H groups in total. The van der Waals surface area contributed by atoms with Crippen molar-refractivity contribution < 1.29 is 13.9 Å². The van der Waals surface area contributed by atoms with Crippen LogP contribution in [0.25, 0.3) is 11.4 Å². The van der Waals surface area contributed by atoms with Crippen molar-refractivity contribution in [2.24, 2.45) is 0 Å². The standard InChI is InChI=1S/C18H18FN5O2/c1-23(11-14-6-3-4-9-16(14)19)17(25)12-24-21-18(20-22-24)13-7-5-8-15(10-13)26-2/h3-10H,11-12H2,1-2H3. The number of aromatic nitrogens is 4. The SMILES string of the molecule is COc1cccc(-c2nnn(CC(=O)N(C)Cc3ccccc3F)n2)c1. The Labute approximate surface area is 150 Å². The molecule has 8 heteroatoms. The van der Waals surface area contributed by atoms with E-state index in [1.54, 1.807) is 38.4 Å². The summed E-state index contributed by atoms with van der Waals surface area (Å²) in [4.78, 5) is 15.0. The smallest absolute Gasteiger partial charge is 0.246 e. The average Bonchev–Trinajstić information content (AvgIpc) is 3.12. The molecule has 1 aromatic heterocycles. The van der Waals surface area contributed by atoms with Crippen LogP contribution in [0.3, 0.4) is 0 Å². The molecule has 2 aromatic carbocycles. The average molecular weight is 355 g/mol. The molecule has 0 radical (unpaired) electrons. The molecule has 3 rings (SSSR count). The Morgan fingerprint density at radius 3 is 2.81 bits per heavy atom. The summed E-state index contributed by atoms with van der Waals surface area (Å²) >= 11 is 0. The van der Waals surface area contributed by atoms with Gasteiger partial charge in [-0.15, -0.1) is 10.2 Å². The minimum Gasteiger partial charge on any atom is -0.497 e. The number of carbonyl (C=O) groups is 1. The number of nitrogens with zero attached hydrogens (tertiary/aromatic N) is 5. The highest BCUT2D eigenvalue weighted by atomic mass is 19.1. The normalized spacial score (nSPS) is 10.6. The third-order valence-electron chi connectivity index (χ3n) is 3.85. The lowest BCUT2D eigenvalue weighted by atomic mass is 10.2. The molecule has 0 aliphatic carbocycles. The van der Waals surface area contributed by atoms with Crippen LogP contribution in [0.2, 0.25) is 0 Å². The molecular formula is C18H18FN5O2. The monoisotopic (exact) mass is 355 g/mol. The van der Waals surface area contributed by atoms with Gasteiger partial charge in [-0.1, -0.05) is 30.3 Å². The van der Waals surface area contributed by atoms with E-state index in [0.717, 1.165) is 5.56 Å². The van der Waals surface area contributed by atoms with Gasteiger partial charge in [0.2, 0.25) is 11.7 Å². The molecule has 0 saturated carbocycles. The maximum atomic E-state index is 13.7. The fourth-order valence-electron chi connectivity index (χ4n) is 2.40. The molecule has 26 heavy (non-hydrogen) atoms. The quantitative estimate of drug-likeness (QED) is 0.677. The topological polar surface area (TPSA) is 73.1 Å². The van der Waals surface area contributed by atoms with E-state index in [1.165, 1.54) is 15.8 Å². The summed E-state index contributed by atoms with van der Waals surface area (Å²) in [5.41, 5.74) is 1.19. The zero-order valence-electron chi connectivity index (χ0n) is 14.5. The minimum absolute atomic E-state index is 0.0814. The van der Waals surface area contributed by atoms with Gasteiger partial charge in [-0.05, 0) is 23.4 Å². The van der Waals surface area contributed by atoms with E-state index >= 15 is 0 Å². The van der Waals surface area contributed by atoms with Gasteiger partial charge >= 0.3 is 0 Å². The van der Waals surface area contributed by atoms with E-state index in [4.69, 9.17) is 4.74 Å². The molecule has 0 atom stereocenters. The molecule has 3 aromatic rings. The highest BCUT2D eigenvalue weighted by Crippen LogP contribution is 2.19. The van der Waals surface area contributed by atoms with Crippen molar-refractivity contribution in [3.05, 3.63) is 59.9 Å². The Morgan fingerprint density at radius 2 is 2.04 bits per heavy atom. The lowest BCUT2D eigenvalue weighted by Gasteiger charge is -2.17. The van der Waals surface area contributed by atoms with Crippen LogP contribution >= 0.6 is 0 Å². The Morgan fingerprint density at radius 1 is 1.23 bits per heavy atom. The van der Waals surface area contributed by atoms with Crippen LogP contribution < -0.4 is 4.74 Å². The number of methoxy groups -OCH3 is 1. The predicted octanol–water partition coefficient (Wildman–Crippen LogP) is 2.15. The largest absolute Gasteiger partial charge is 0.497 e. The third-order valence-corrected chi connectivity index (χ3v) is 3.85. The van der Waals surface area contributed by atoms with E-state index in [2.05, 4.69) is 15.4 Å². The highest BCUT2D eigenvalue weighted by molar-refractivity contribution is 5.75. The molecule has 0 unspecified atom stereocenters. The van der Waals surface area contributed by atoms with Crippen LogP contribution in [0.15, 0.2) is 48.5 Å². The van der Waals surface area contributed by atoms with Crippen molar-refractivity contribution in [3.63, 3.8) is 0 Å². The molecule has 0 bridgehead atoms. The first-order valence-corrected chi connectivity index (χ1v) is 7.96. The number of benzene rings is 2. The second kappa shape index (κ2) is 7.73. The molecule has 1 amide bonds. The first-order valence-electron chi connectivity index (χ1n) is 7.96. The zero-order valence-corrected chi connectivity index (χ0v) is 14.5. The van der Waals surface area contributed by atoms with E-state index in [9.17, 15) is 9.18 Å². The van der Waals surface area contributed by atoms with Crippen molar-refractivity contribution >= 4 is 5.91 Å². The maximum absolute atomic E-state index is 13.7. The molecule has 0 spiro atoms. The van der Waals surface area contributed by atoms with Crippen LogP contribution in [0.1, 0.15) is 5.56 Å². The number of ether oxygens (including phenoxy) is 1. The Balaban J connectivity index is 1.66. The number of rotatable bonds is 6. The van der Waals surface area contributed by atoms with Gasteiger partial charge in [-0.3, -0.25) is 4.79 Å². The van der Waals surface area contributed by atoms with E-state index < -0.39 is 0 Å². The Kier molecular flexibility index (Phi) is 5.21. The van der Waals surface area contributed by atoms with Crippen LogP contribution in [0.5, 0.6) is 5.75 Å². The zero-order chi connectivity index (χ0) is 18.5. The summed E-state index contributed by atoms with van der Waals surface area (Å²) in [6, 6.07) is 13.6. The fraction of sp³-hybridized carbons (Fsp3) is 0.222. The molecule has 0 aliphatic rings. The molecular weight excluding hydrogens is 337 g/mol. The van der Waals surface area contributed by atoms with E-state index in [1.807, 2.05) is 18.2 Å². The van der Waals surface area contributed by atoms with Crippen LogP contribution in [-0.4, -0.2) is 45.2 Å². The van der Waals surface area contributed by atoms with Gasteiger partial charge in [0.25, 0.3) is 0 Å². The third kappa shape index (κ3) is 4.02. The van der Waals surface area contributed by atoms with Crippen LogP contribution in [0.4, 0.5) is 4.39 Å².